The number of carbonyl (C=O) groups is 2. The zero-order valence-corrected chi connectivity index (χ0v) is 16.8. The summed E-state index contributed by atoms with van der Waals surface area (Å²) in [6.45, 7) is 2.70. The lowest BCUT2D eigenvalue weighted by atomic mass is 9.93. The number of hydrogen-bond acceptors (Lipinski definition) is 4. The third-order valence-corrected chi connectivity index (χ3v) is 5.27. The highest BCUT2D eigenvalue weighted by atomic mass is 16.5. The largest absolute Gasteiger partial charge is 0.497 e. The summed E-state index contributed by atoms with van der Waals surface area (Å²) in [7, 11) is 4.69. The number of benzene rings is 2. The summed E-state index contributed by atoms with van der Waals surface area (Å²) in [6.07, 6.45) is 0.830. The van der Waals surface area contributed by atoms with Crippen LogP contribution in [0.25, 0.3) is 0 Å². The lowest BCUT2D eigenvalue weighted by Crippen LogP contribution is -2.45. The molecule has 1 heterocycles. The molecular formula is C22H26N2O4. The molecule has 0 aromatic heterocycles. The van der Waals surface area contributed by atoms with Crippen molar-refractivity contribution >= 4 is 11.8 Å². The van der Waals surface area contributed by atoms with Crippen LogP contribution in [0.15, 0.2) is 42.5 Å². The van der Waals surface area contributed by atoms with Gasteiger partial charge in [0.1, 0.15) is 11.5 Å². The van der Waals surface area contributed by atoms with Crippen LogP contribution >= 0.6 is 0 Å². The van der Waals surface area contributed by atoms with Crippen LogP contribution in [-0.2, 0) is 11.2 Å². The highest BCUT2D eigenvalue weighted by molar-refractivity contribution is 5.98. The van der Waals surface area contributed by atoms with Gasteiger partial charge in [-0.2, -0.15) is 0 Å². The molecule has 0 saturated heterocycles. The van der Waals surface area contributed by atoms with E-state index in [9.17, 15) is 9.59 Å². The summed E-state index contributed by atoms with van der Waals surface area (Å²) in [5.41, 5.74) is 2.86. The van der Waals surface area contributed by atoms with E-state index in [1.165, 1.54) is 23.1 Å². The van der Waals surface area contributed by atoms with Gasteiger partial charge in [-0.3, -0.25) is 9.59 Å². The Morgan fingerprint density at radius 3 is 2.61 bits per heavy atom. The van der Waals surface area contributed by atoms with Crippen LogP contribution < -0.4 is 9.47 Å². The third-order valence-electron chi connectivity index (χ3n) is 5.27. The number of amides is 2. The van der Waals surface area contributed by atoms with Crippen LogP contribution in [0.4, 0.5) is 0 Å². The molecule has 3 rings (SSSR count). The Kier molecular flexibility index (Phi) is 5.87. The minimum Gasteiger partial charge on any atom is -0.497 e. The quantitative estimate of drug-likeness (QED) is 0.798. The predicted octanol–water partition coefficient (Wildman–Crippen LogP) is 2.92. The van der Waals surface area contributed by atoms with Gasteiger partial charge in [0.2, 0.25) is 5.91 Å². The summed E-state index contributed by atoms with van der Waals surface area (Å²) in [5, 5.41) is 0. The first-order valence-electron chi connectivity index (χ1n) is 9.31. The van der Waals surface area contributed by atoms with E-state index >= 15 is 0 Å². The van der Waals surface area contributed by atoms with Gasteiger partial charge in [-0.05, 0) is 36.6 Å². The second-order valence-electron chi connectivity index (χ2n) is 6.94. The van der Waals surface area contributed by atoms with Crippen molar-refractivity contribution in [1.82, 2.24) is 9.80 Å². The van der Waals surface area contributed by atoms with Crippen molar-refractivity contribution < 1.29 is 19.1 Å². The van der Waals surface area contributed by atoms with Crippen LogP contribution in [0.2, 0.25) is 0 Å². The normalized spacial score (nSPS) is 15.6. The molecule has 2 aromatic carbocycles. The molecule has 0 N–H and O–H groups in total. The highest BCUT2D eigenvalue weighted by Crippen LogP contribution is 2.29. The minimum atomic E-state index is -0.266. The van der Waals surface area contributed by atoms with Crippen molar-refractivity contribution in [3.8, 4) is 11.5 Å². The summed E-state index contributed by atoms with van der Waals surface area (Å²) >= 11 is 0. The van der Waals surface area contributed by atoms with E-state index in [1.54, 1.807) is 32.4 Å². The second-order valence-corrected chi connectivity index (χ2v) is 6.94. The predicted molar refractivity (Wildman–Crippen MR) is 107 cm³/mol. The first-order valence-corrected chi connectivity index (χ1v) is 9.31. The number of rotatable bonds is 5. The standard InChI is InChI=1S/C22H26N2O4/c1-15-18-8-6-5-7-16(18)11-12-24(15)21(25)14-23(2)22(26)19-10-9-17(27-3)13-20(19)28-4/h5-10,13,15H,11-12,14H2,1-4H3. The Morgan fingerprint density at radius 2 is 1.89 bits per heavy atom. The first kappa shape index (κ1) is 19.7. The molecule has 1 atom stereocenters. The van der Waals surface area contributed by atoms with Crippen molar-refractivity contribution in [2.75, 3.05) is 34.4 Å². The molecule has 0 aliphatic carbocycles. The van der Waals surface area contributed by atoms with Gasteiger partial charge in [0.25, 0.3) is 5.91 Å². The van der Waals surface area contributed by atoms with Gasteiger partial charge in [-0.25, -0.2) is 0 Å². The molecule has 2 aromatic rings. The van der Waals surface area contributed by atoms with E-state index in [-0.39, 0.29) is 24.4 Å². The van der Waals surface area contributed by atoms with Crippen LogP contribution in [0.3, 0.4) is 0 Å². The molecule has 1 aliphatic heterocycles. The number of carbonyl (C=O) groups excluding carboxylic acids is 2. The maximum absolute atomic E-state index is 12.9. The second kappa shape index (κ2) is 8.33. The van der Waals surface area contributed by atoms with Crippen LogP contribution in [-0.4, -0.2) is 56.0 Å². The molecule has 0 fully saturated rings. The zero-order chi connectivity index (χ0) is 20.3. The molecule has 28 heavy (non-hydrogen) atoms. The number of fused-ring (bicyclic) bond motifs is 1. The number of nitrogens with zero attached hydrogens (tertiary/aromatic N) is 2. The van der Waals surface area contributed by atoms with E-state index in [2.05, 4.69) is 12.1 Å². The average molecular weight is 382 g/mol. The van der Waals surface area contributed by atoms with Crippen LogP contribution in [0.1, 0.15) is 34.5 Å². The van der Waals surface area contributed by atoms with Gasteiger partial charge in [0.15, 0.2) is 0 Å². The van der Waals surface area contributed by atoms with Crippen LogP contribution in [0.5, 0.6) is 11.5 Å². The van der Waals surface area contributed by atoms with Crippen molar-refractivity contribution in [3.05, 3.63) is 59.2 Å². The summed E-state index contributed by atoms with van der Waals surface area (Å²) in [4.78, 5) is 29.0. The maximum Gasteiger partial charge on any atom is 0.257 e. The molecule has 6 heteroatoms. The summed E-state index contributed by atoms with van der Waals surface area (Å²) in [6, 6.07) is 13.2. The molecule has 0 spiro atoms. The Morgan fingerprint density at radius 1 is 1.14 bits per heavy atom. The Balaban J connectivity index is 1.72. The number of hydrogen-bond donors (Lipinski definition) is 0. The fourth-order valence-corrected chi connectivity index (χ4v) is 3.66. The molecule has 6 nitrogen and oxygen atoms in total. The number of ether oxygens (including phenoxy) is 2. The smallest absolute Gasteiger partial charge is 0.257 e. The Bertz CT molecular complexity index is 881. The third kappa shape index (κ3) is 3.81. The molecule has 1 aliphatic rings. The molecule has 2 amide bonds. The molecular weight excluding hydrogens is 356 g/mol. The Hall–Kier alpha value is -3.02. The molecule has 0 saturated carbocycles. The molecule has 0 radical (unpaired) electrons. The fourth-order valence-electron chi connectivity index (χ4n) is 3.66. The molecule has 0 bridgehead atoms. The minimum absolute atomic E-state index is 0.00326. The molecule has 1 unspecified atom stereocenters. The maximum atomic E-state index is 12.9. The monoisotopic (exact) mass is 382 g/mol. The summed E-state index contributed by atoms with van der Waals surface area (Å²) in [5.74, 6) is 0.695. The van der Waals surface area contributed by atoms with Crippen LogP contribution in [0, 0.1) is 0 Å². The average Bonchev–Trinajstić information content (AvgIpc) is 2.72. The van der Waals surface area contributed by atoms with Gasteiger partial charge < -0.3 is 19.3 Å². The van der Waals surface area contributed by atoms with Gasteiger partial charge in [0, 0.05) is 19.7 Å². The van der Waals surface area contributed by atoms with E-state index < -0.39 is 0 Å². The van der Waals surface area contributed by atoms with Gasteiger partial charge in [-0.1, -0.05) is 24.3 Å². The van der Waals surface area contributed by atoms with E-state index in [0.717, 1.165) is 6.42 Å². The SMILES string of the molecule is COc1ccc(C(=O)N(C)CC(=O)N2CCc3ccccc3C2C)c(OC)c1. The first-order chi connectivity index (χ1) is 13.5. The van der Waals surface area contributed by atoms with Gasteiger partial charge in [-0.15, -0.1) is 0 Å². The lowest BCUT2D eigenvalue weighted by molar-refractivity contribution is -0.134. The van der Waals surface area contributed by atoms with E-state index in [4.69, 9.17) is 9.47 Å². The van der Waals surface area contributed by atoms with Crippen molar-refractivity contribution in [1.29, 1.82) is 0 Å². The zero-order valence-electron chi connectivity index (χ0n) is 16.8. The van der Waals surface area contributed by atoms with Crippen molar-refractivity contribution in [3.63, 3.8) is 0 Å². The van der Waals surface area contributed by atoms with Crippen molar-refractivity contribution in [2.24, 2.45) is 0 Å². The van der Waals surface area contributed by atoms with Crippen molar-refractivity contribution in [2.45, 2.75) is 19.4 Å². The van der Waals surface area contributed by atoms with Gasteiger partial charge in [0.05, 0.1) is 32.4 Å². The topological polar surface area (TPSA) is 59.1 Å². The fraction of sp³-hybridized carbons (Fsp3) is 0.364. The molecule has 148 valence electrons. The Labute approximate surface area is 165 Å². The summed E-state index contributed by atoms with van der Waals surface area (Å²) < 4.78 is 10.5. The van der Waals surface area contributed by atoms with E-state index in [0.29, 0.717) is 23.6 Å². The van der Waals surface area contributed by atoms with Gasteiger partial charge >= 0.3 is 0 Å². The highest BCUT2D eigenvalue weighted by Gasteiger charge is 2.29. The lowest BCUT2D eigenvalue weighted by Gasteiger charge is -2.36. The number of methoxy groups -OCH3 is 2. The number of likely N-dealkylation sites (N-methyl/N-ethyl adjacent to an activating group) is 1. The van der Waals surface area contributed by atoms with E-state index in [1.807, 2.05) is 24.0 Å².